The Balaban J connectivity index is 2.85. The molecule has 3 nitrogen and oxygen atoms in total. The van der Waals surface area contributed by atoms with Gasteiger partial charge in [0.15, 0.2) is 0 Å². The Labute approximate surface area is 95.0 Å². The molecule has 0 fully saturated rings. The monoisotopic (exact) mass is 215 g/mol. The molecule has 0 aliphatic heterocycles. The van der Waals surface area contributed by atoms with Crippen LogP contribution in [0.3, 0.4) is 0 Å². The minimum atomic E-state index is -0.766. The molecular weight excluding hydrogens is 202 g/mol. The van der Waals surface area contributed by atoms with Crippen molar-refractivity contribution in [3.8, 4) is 6.07 Å². The number of hydrogen-bond donors (Lipinski definition) is 0. The predicted octanol–water partition coefficient (Wildman–Crippen LogP) is 2.54. The maximum atomic E-state index is 11.4. The Morgan fingerprint density at radius 2 is 1.94 bits per heavy atom. The van der Waals surface area contributed by atoms with Gasteiger partial charge in [0.25, 0.3) is 0 Å². The summed E-state index contributed by atoms with van der Waals surface area (Å²) in [6.45, 7) is 6.85. The Kier molecular flexibility index (Phi) is 3.47. The van der Waals surface area contributed by atoms with Crippen molar-refractivity contribution >= 4 is 5.97 Å². The van der Waals surface area contributed by atoms with Crippen molar-refractivity contribution in [1.29, 1.82) is 5.26 Å². The molecule has 0 bridgehead atoms. The van der Waals surface area contributed by atoms with Crippen LogP contribution in [-0.4, -0.2) is 5.97 Å². The molecule has 3 heteroatoms. The number of carbonyl (C=O) groups is 1. The molecule has 0 radical (unpaired) electrons. The SMILES string of the molecule is C=C(C#N)C(=O)OC(C)(C)c1ccccc1. The average Bonchev–Trinajstić information content (AvgIpc) is 2.28. The highest BCUT2D eigenvalue weighted by atomic mass is 16.6. The van der Waals surface area contributed by atoms with Gasteiger partial charge in [0.05, 0.1) is 0 Å². The van der Waals surface area contributed by atoms with Crippen molar-refractivity contribution in [2.24, 2.45) is 0 Å². The van der Waals surface area contributed by atoms with Gasteiger partial charge in [0.1, 0.15) is 17.2 Å². The van der Waals surface area contributed by atoms with Crippen LogP contribution in [0.4, 0.5) is 0 Å². The number of nitrogens with zero attached hydrogens (tertiary/aromatic N) is 1. The highest BCUT2D eigenvalue weighted by Gasteiger charge is 2.26. The molecule has 0 atom stereocenters. The van der Waals surface area contributed by atoms with E-state index in [0.717, 1.165) is 5.56 Å². The Morgan fingerprint density at radius 3 is 2.44 bits per heavy atom. The lowest BCUT2D eigenvalue weighted by molar-refractivity contribution is -0.151. The van der Waals surface area contributed by atoms with Crippen LogP contribution in [0.25, 0.3) is 0 Å². The number of ether oxygens (including phenoxy) is 1. The molecule has 0 amide bonds. The molecule has 16 heavy (non-hydrogen) atoms. The van der Waals surface area contributed by atoms with Crippen molar-refractivity contribution in [1.82, 2.24) is 0 Å². The molecule has 0 unspecified atom stereocenters. The summed E-state index contributed by atoms with van der Waals surface area (Å²) in [6.07, 6.45) is 0. The Morgan fingerprint density at radius 1 is 1.38 bits per heavy atom. The third-order valence-electron chi connectivity index (χ3n) is 2.20. The molecule has 0 spiro atoms. The normalized spacial score (nSPS) is 10.3. The second-order valence-corrected chi connectivity index (χ2v) is 3.86. The number of esters is 1. The fraction of sp³-hybridized carbons (Fsp3) is 0.231. The molecule has 82 valence electrons. The molecule has 1 aromatic carbocycles. The maximum Gasteiger partial charge on any atom is 0.349 e. The van der Waals surface area contributed by atoms with Gasteiger partial charge in [-0.05, 0) is 19.4 Å². The molecule has 0 aromatic heterocycles. The molecule has 0 aliphatic rings. The van der Waals surface area contributed by atoms with Gasteiger partial charge in [0.2, 0.25) is 0 Å². The van der Waals surface area contributed by atoms with Crippen LogP contribution < -0.4 is 0 Å². The van der Waals surface area contributed by atoms with Crippen molar-refractivity contribution in [3.63, 3.8) is 0 Å². The van der Waals surface area contributed by atoms with Crippen LogP contribution in [0.1, 0.15) is 19.4 Å². The van der Waals surface area contributed by atoms with Gasteiger partial charge in [-0.1, -0.05) is 36.9 Å². The lowest BCUT2D eigenvalue weighted by atomic mass is 9.98. The molecule has 0 aliphatic carbocycles. The lowest BCUT2D eigenvalue weighted by Gasteiger charge is -2.25. The van der Waals surface area contributed by atoms with Gasteiger partial charge in [-0.2, -0.15) is 5.26 Å². The third kappa shape index (κ3) is 2.71. The zero-order valence-electron chi connectivity index (χ0n) is 9.36. The molecule has 1 rings (SSSR count). The molecule has 0 N–H and O–H groups in total. The summed E-state index contributed by atoms with van der Waals surface area (Å²) in [7, 11) is 0. The van der Waals surface area contributed by atoms with E-state index in [2.05, 4.69) is 6.58 Å². The molecule has 0 heterocycles. The average molecular weight is 215 g/mol. The standard InChI is InChI=1S/C13H13NO2/c1-10(9-14)12(15)16-13(2,3)11-7-5-4-6-8-11/h4-8H,1H2,2-3H3. The van der Waals surface area contributed by atoms with Crippen molar-refractivity contribution in [2.75, 3.05) is 0 Å². The van der Waals surface area contributed by atoms with Crippen molar-refractivity contribution in [2.45, 2.75) is 19.4 Å². The highest BCUT2D eigenvalue weighted by molar-refractivity contribution is 5.92. The van der Waals surface area contributed by atoms with Crippen molar-refractivity contribution < 1.29 is 9.53 Å². The van der Waals surface area contributed by atoms with E-state index in [4.69, 9.17) is 10.00 Å². The van der Waals surface area contributed by atoms with E-state index in [1.165, 1.54) is 0 Å². The maximum absolute atomic E-state index is 11.4. The summed E-state index contributed by atoms with van der Waals surface area (Å²) >= 11 is 0. The van der Waals surface area contributed by atoms with Crippen LogP contribution in [0.2, 0.25) is 0 Å². The Hall–Kier alpha value is -2.08. The number of rotatable bonds is 3. The van der Waals surface area contributed by atoms with E-state index in [0.29, 0.717) is 0 Å². The number of carbonyl (C=O) groups excluding carboxylic acids is 1. The summed E-state index contributed by atoms with van der Waals surface area (Å²) < 4.78 is 5.22. The first-order valence-corrected chi connectivity index (χ1v) is 4.85. The number of benzene rings is 1. The van der Waals surface area contributed by atoms with Crippen LogP contribution in [0.5, 0.6) is 0 Å². The summed E-state index contributed by atoms with van der Waals surface area (Å²) in [6, 6.07) is 11.0. The van der Waals surface area contributed by atoms with E-state index >= 15 is 0 Å². The second kappa shape index (κ2) is 4.63. The fourth-order valence-electron chi connectivity index (χ4n) is 1.24. The Bertz CT molecular complexity index is 441. The largest absolute Gasteiger partial charge is 0.451 e. The minimum absolute atomic E-state index is 0.191. The van der Waals surface area contributed by atoms with E-state index in [-0.39, 0.29) is 5.57 Å². The second-order valence-electron chi connectivity index (χ2n) is 3.86. The minimum Gasteiger partial charge on any atom is -0.451 e. The topological polar surface area (TPSA) is 50.1 Å². The third-order valence-corrected chi connectivity index (χ3v) is 2.20. The molecule has 1 aromatic rings. The summed E-state index contributed by atoms with van der Waals surface area (Å²) in [4.78, 5) is 11.4. The van der Waals surface area contributed by atoms with Crippen LogP contribution in [0, 0.1) is 11.3 Å². The number of nitriles is 1. The molecule has 0 saturated carbocycles. The molecular formula is C13H13NO2. The van der Waals surface area contributed by atoms with Gasteiger partial charge in [0, 0.05) is 0 Å². The zero-order chi connectivity index (χ0) is 12.2. The van der Waals surface area contributed by atoms with Gasteiger partial charge < -0.3 is 4.74 Å². The van der Waals surface area contributed by atoms with Crippen LogP contribution in [-0.2, 0) is 15.1 Å². The van der Waals surface area contributed by atoms with Gasteiger partial charge >= 0.3 is 5.97 Å². The first kappa shape index (κ1) is 12.0. The van der Waals surface area contributed by atoms with Gasteiger partial charge in [-0.3, -0.25) is 0 Å². The number of hydrogen-bond acceptors (Lipinski definition) is 3. The lowest BCUT2D eigenvalue weighted by Crippen LogP contribution is -2.25. The fourth-order valence-corrected chi connectivity index (χ4v) is 1.24. The highest BCUT2D eigenvalue weighted by Crippen LogP contribution is 2.25. The quantitative estimate of drug-likeness (QED) is 0.442. The van der Waals surface area contributed by atoms with Gasteiger partial charge in [-0.15, -0.1) is 0 Å². The summed E-state index contributed by atoms with van der Waals surface area (Å²) in [5.41, 5.74) is -0.0869. The molecule has 0 saturated heterocycles. The van der Waals surface area contributed by atoms with E-state index < -0.39 is 11.6 Å². The zero-order valence-corrected chi connectivity index (χ0v) is 9.36. The first-order valence-electron chi connectivity index (χ1n) is 4.85. The van der Waals surface area contributed by atoms with Crippen LogP contribution >= 0.6 is 0 Å². The van der Waals surface area contributed by atoms with Crippen molar-refractivity contribution in [3.05, 3.63) is 48.0 Å². The summed E-state index contributed by atoms with van der Waals surface area (Å²) in [5.74, 6) is -0.684. The summed E-state index contributed by atoms with van der Waals surface area (Å²) in [5, 5.41) is 8.52. The van der Waals surface area contributed by atoms with E-state index in [9.17, 15) is 4.79 Å². The van der Waals surface area contributed by atoms with Crippen LogP contribution in [0.15, 0.2) is 42.5 Å². The van der Waals surface area contributed by atoms with E-state index in [1.807, 2.05) is 30.3 Å². The first-order chi connectivity index (χ1) is 7.47. The smallest absolute Gasteiger partial charge is 0.349 e. The van der Waals surface area contributed by atoms with E-state index in [1.54, 1.807) is 19.9 Å². The van der Waals surface area contributed by atoms with Gasteiger partial charge in [-0.25, -0.2) is 4.79 Å². The predicted molar refractivity (Wildman–Crippen MR) is 60.3 cm³/mol.